The molecule has 0 atom stereocenters. The topological polar surface area (TPSA) is 63.1 Å². The number of benzene rings is 1. The number of imidazole rings is 1. The summed E-state index contributed by atoms with van der Waals surface area (Å²) in [7, 11) is 0. The van der Waals surface area contributed by atoms with Gasteiger partial charge in [0.15, 0.2) is 0 Å². The summed E-state index contributed by atoms with van der Waals surface area (Å²) in [6.45, 7) is 6.42. The van der Waals surface area contributed by atoms with E-state index in [2.05, 4.69) is 22.5 Å². The molecule has 6 heteroatoms. The molecule has 2 aliphatic heterocycles. The quantitative estimate of drug-likeness (QED) is 0.725. The molecule has 152 valence electrons. The number of aromatic amines is 1. The van der Waals surface area contributed by atoms with Gasteiger partial charge in [-0.25, -0.2) is 4.98 Å². The Hall–Kier alpha value is -2.60. The van der Waals surface area contributed by atoms with E-state index in [1.807, 2.05) is 35.5 Å². The summed E-state index contributed by atoms with van der Waals surface area (Å²) in [5, 5.41) is 1.15. The van der Waals surface area contributed by atoms with E-state index in [1.54, 1.807) is 0 Å². The Morgan fingerprint density at radius 1 is 1.24 bits per heavy atom. The average Bonchev–Trinajstić information content (AvgIpc) is 3.28. The monoisotopic (exact) mass is 392 g/mol. The number of likely N-dealkylation sites (tertiary alicyclic amines) is 1. The molecule has 4 heterocycles. The molecule has 3 aromatic rings. The first-order chi connectivity index (χ1) is 14.2. The van der Waals surface area contributed by atoms with Crippen molar-refractivity contribution in [3.8, 4) is 0 Å². The zero-order valence-electron chi connectivity index (χ0n) is 16.9. The largest absolute Gasteiger partial charge is 0.381 e. The lowest BCUT2D eigenvalue weighted by molar-refractivity contribution is -0.137. The minimum absolute atomic E-state index is 0.220. The Kier molecular flexibility index (Phi) is 4.87. The lowest BCUT2D eigenvalue weighted by Gasteiger charge is -2.40. The molecule has 5 rings (SSSR count). The van der Waals surface area contributed by atoms with Crippen LogP contribution in [0.1, 0.15) is 35.8 Å². The number of aryl methyl sites for hydroxylation is 1. The summed E-state index contributed by atoms with van der Waals surface area (Å²) in [4.78, 5) is 22.7. The third kappa shape index (κ3) is 3.57. The van der Waals surface area contributed by atoms with Crippen molar-refractivity contribution in [2.24, 2.45) is 5.92 Å². The van der Waals surface area contributed by atoms with Gasteiger partial charge in [-0.1, -0.05) is 18.2 Å². The van der Waals surface area contributed by atoms with Crippen LogP contribution in [0.2, 0.25) is 0 Å². The number of nitrogens with one attached hydrogen (secondary N) is 1. The zero-order valence-corrected chi connectivity index (χ0v) is 16.9. The Morgan fingerprint density at radius 2 is 2.03 bits per heavy atom. The van der Waals surface area contributed by atoms with E-state index in [9.17, 15) is 4.79 Å². The molecule has 2 aliphatic rings. The van der Waals surface area contributed by atoms with Crippen molar-refractivity contribution in [2.45, 2.75) is 38.6 Å². The summed E-state index contributed by atoms with van der Waals surface area (Å²) in [6, 6.07) is 8.16. The summed E-state index contributed by atoms with van der Waals surface area (Å²) >= 11 is 0. The first-order valence-corrected chi connectivity index (χ1v) is 10.6. The van der Waals surface area contributed by atoms with Crippen molar-refractivity contribution in [2.75, 3.05) is 26.3 Å². The lowest BCUT2D eigenvalue weighted by Crippen LogP contribution is -2.52. The molecule has 0 bridgehead atoms. The summed E-state index contributed by atoms with van der Waals surface area (Å²) < 4.78 is 7.89. The number of nitrogens with zero attached hydrogens (tertiary/aromatic N) is 3. The number of hydrogen-bond donors (Lipinski definition) is 1. The van der Waals surface area contributed by atoms with Gasteiger partial charge >= 0.3 is 0 Å². The maximum atomic E-state index is 12.7. The Balaban J connectivity index is 1.19. The number of aromatic nitrogens is 3. The predicted molar refractivity (Wildman–Crippen MR) is 112 cm³/mol. The van der Waals surface area contributed by atoms with Gasteiger partial charge in [-0.3, -0.25) is 4.79 Å². The van der Waals surface area contributed by atoms with Gasteiger partial charge in [-0.05, 0) is 31.4 Å². The number of hydrogen-bond acceptors (Lipinski definition) is 3. The minimum Gasteiger partial charge on any atom is -0.381 e. The molecular weight excluding hydrogens is 364 g/mol. The second-order valence-corrected chi connectivity index (χ2v) is 8.46. The smallest absolute Gasteiger partial charge is 0.227 e. The molecule has 0 saturated carbocycles. The van der Waals surface area contributed by atoms with Gasteiger partial charge < -0.3 is 19.2 Å². The van der Waals surface area contributed by atoms with E-state index >= 15 is 0 Å². The molecule has 1 aromatic carbocycles. The van der Waals surface area contributed by atoms with Crippen LogP contribution in [-0.2, 0) is 22.5 Å². The van der Waals surface area contributed by atoms with Crippen molar-refractivity contribution in [1.29, 1.82) is 0 Å². The second kappa shape index (κ2) is 7.67. The molecule has 2 fully saturated rings. The average molecular weight is 393 g/mol. The number of carbonyl (C=O) groups excluding carboxylic acids is 1. The fourth-order valence-electron chi connectivity index (χ4n) is 4.70. The number of amides is 1. The Bertz CT molecular complexity index is 1010. The van der Waals surface area contributed by atoms with Gasteiger partial charge in [-0.2, -0.15) is 0 Å². The third-order valence-electron chi connectivity index (χ3n) is 6.44. The number of carbonyl (C=O) groups is 1. The van der Waals surface area contributed by atoms with Crippen LogP contribution in [0, 0.1) is 12.8 Å². The Labute approximate surface area is 170 Å². The molecule has 0 radical (unpaired) electrons. The molecule has 2 saturated heterocycles. The normalized spacial score (nSPS) is 18.3. The maximum absolute atomic E-state index is 12.7. The summed E-state index contributed by atoms with van der Waals surface area (Å²) in [6.07, 6.45) is 6.53. The van der Waals surface area contributed by atoms with Crippen LogP contribution in [0.4, 0.5) is 0 Å². The number of H-pyrrole nitrogens is 1. The molecule has 0 spiro atoms. The van der Waals surface area contributed by atoms with Crippen LogP contribution >= 0.6 is 0 Å². The van der Waals surface area contributed by atoms with Gasteiger partial charge in [0, 0.05) is 73.7 Å². The van der Waals surface area contributed by atoms with E-state index < -0.39 is 0 Å². The van der Waals surface area contributed by atoms with Crippen molar-refractivity contribution >= 4 is 16.8 Å². The van der Waals surface area contributed by atoms with Crippen LogP contribution in [0.15, 0.2) is 36.7 Å². The number of ether oxygens (including phenoxy) is 1. The minimum atomic E-state index is 0.220. The van der Waals surface area contributed by atoms with E-state index in [0.717, 1.165) is 62.2 Å². The zero-order chi connectivity index (χ0) is 19.8. The van der Waals surface area contributed by atoms with E-state index in [4.69, 9.17) is 9.72 Å². The standard InChI is InChI=1S/C23H28N4O2/c1-16-11-25-23(18-6-8-29-9-7-18)27(16)15-17-13-26(14-17)22(28)10-19-12-24-21-5-3-2-4-20(19)21/h2-5,11-12,17-18,24H,6-10,13-15H2,1H3. The van der Waals surface area contributed by atoms with Crippen LogP contribution in [0.5, 0.6) is 0 Å². The van der Waals surface area contributed by atoms with Crippen molar-refractivity contribution in [1.82, 2.24) is 19.4 Å². The van der Waals surface area contributed by atoms with Gasteiger partial charge in [0.25, 0.3) is 0 Å². The van der Waals surface area contributed by atoms with Crippen molar-refractivity contribution in [3.05, 3.63) is 53.7 Å². The molecule has 2 aromatic heterocycles. The van der Waals surface area contributed by atoms with Gasteiger partial charge in [-0.15, -0.1) is 0 Å². The first-order valence-electron chi connectivity index (χ1n) is 10.6. The third-order valence-corrected chi connectivity index (χ3v) is 6.44. The SMILES string of the molecule is Cc1cnc(C2CCOCC2)n1CC1CN(C(=O)Cc2c[nH]c3ccccc23)C1. The van der Waals surface area contributed by atoms with Gasteiger partial charge in [0.05, 0.1) is 6.42 Å². The van der Waals surface area contributed by atoms with E-state index in [-0.39, 0.29) is 5.91 Å². The lowest BCUT2D eigenvalue weighted by atomic mass is 9.96. The van der Waals surface area contributed by atoms with Gasteiger partial charge in [0.2, 0.25) is 5.91 Å². The van der Waals surface area contributed by atoms with Crippen molar-refractivity contribution < 1.29 is 9.53 Å². The highest BCUT2D eigenvalue weighted by molar-refractivity contribution is 5.89. The molecule has 0 unspecified atom stereocenters. The summed E-state index contributed by atoms with van der Waals surface area (Å²) in [5.74, 6) is 2.43. The second-order valence-electron chi connectivity index (χ2n) is 8.46. The highest BCUT2D eigenvalue weighted by Gasteiger charge is 2.32. The van der Waals surface area contributed by atoms with Crippen LogP contribution in [-0.4, -0.2) is 51.6 Å². The molecular formula is C23H28N4O2. The van der Waals surface area contributed by atoms with Crippen molar-refractivity contribution in [3.63, 3.8) is 0 Å². The molecule has 1 amide bonds. The fraction of sp³-hybridized carbons (Fsp3) is 0.478. The molecule has 29 heavy (non-hydrogen) atoms. The predicted octanol–water partition coefficient (Wildman–Crippen LogP) is 3.27. The fourth-order valence-corrected chi connectivity index (χ4v) is 4.70. The van der Waals surface area contributed by atoms with E-state index in [1.165, 1.54) is 11.5 Å². The maximum Gasteiger partial charge on any atom is 0.227 e. The summed E-state index contributed by atoms with van der Waals surface area (Å²) in [5.41, 5.74) is 3.39. The van der Waals surface area contributed by atoms with Crippen LogP contribution < -0.4 is 0 Å². The molecule has 1 N–H and O–H groups in total. The van der Waals surface area contributed by atoms with Crippen LogP contribution in [0.3, 0.4) is 0 Å². The number of fused-ring (bicyclic) bond motifs is 1. The van der Waals surface area contributed by atoms with Gasteiger partial charge in [0.1, 0.15) is 5.82 Å². The molecule has 6 nitrogen and oxygen atoms in total. The highest BCUT2D eigenvalue weighted by Crippen LogP contribution is 2.29. The van der Waals surface area contributed by atoms with E-state index in [0.29, 0.717) is 18.3 Å². The molecule has 0 aliphatic carbocycles. The van der Waals surface area contributed by atoms with Crippen LogP contribution in [0.25, 0.3) is 10.9 Å². The number of para-hydroxylation sites is 1. The highest BCUT2D eigenvalue weighted by atomic mass is 16.5. The Morgan fingerprint density at radius 3 is 2.86 bits per heavy atom. The number of rotatable bonds is 5. The first kappa shape index (κ1) is 18.4.